The van der Waals surface area contributed by atoms with Crippen molar-refractivity contribution in [3.8, 4) is 0 Å². The van der Waals surface area contributed by atoms with Gasteiger partial charge in [-0.3, -0.25) is 4.79 Å². The molecule has 0 amide bonds. The van der Waals surface area contributed by atoms with Crippen molar-refractivity contribution in [2.45, 2.75) is 12.3 Å². The number of hydrogen-bond donors (Lipinski definition) is 1. The molecule has 0 bridgehead atoms. The summed E-state index contributed by atoms with van der Waals surface area (Å²) in [6.07, 6.45) is 0.391. The number of rotatable bonds is 4. The molecular weight excluding hydrogens is 239 g/mol. The lowest BCUT2D eigenvalue weighted by Gasteiger charge is -2.11. The van der Waals surface area contributed by atoms with Crippen LogP contribution < -0.4 is 0 Å². The van der Waals surface area contributed by atoms with E-state index in [4.69, 9.17) is 0 Å². The van der Waals surface area contributed by atoms with Gasteiger partial charge in [-0.2, -0.15) is 11.3 Å². The van der Waals surface area contributed by atoms with Crippen molar-refractivity contribution in [3.05, 3.63) is 58.0 Å². The number of carbonyl (C=O) groups is 1. The molecule has 0 aliphatic heterocycles. The monoisotopic (exact) mass is 250 g/mol. The van der Waals surface area contributed by atoms with Crippen LogP contribution >= 0.6 is 11.3 Å². The molecule has 1 atom stereocenters. The summed E-state index contributed by atoms with van der Waals surface area (Å²) >= 11 is 1.52. The fourth-order valence-electron chi connectivity index (χ4n) is 1.72. The lowest BCUT2D eigenvalue weighted by molar-refractivity contribution is -0.138. The molecule has 0 radical (unpaired) electrons. The summed E-state index contributed by atoms with van der Waals surface area (Å²) in [6.45, 7) is 0. The van der Waals surface area contributed by atoms with Gasteiger partial charge in [0, 0.05) is 0 Å². The molecule has 17 heavy (non-hydrogen) atoms. The first kappa shape index (κ1) is 11.8. The predicted molar refractivity (Wildman–Crippen MR) is 64.8 cm³/mol. The number of thiophene rings is 1. The third-order valence-electron chi connectivity index (χ3n) is 2.57. The van der Waals surface area contributed by atoms with Crippen molar-refractivity contribution in [1.29, 1.82) is 0 Å². The van der Waals surface area contributed by atoms with Crippen LogP contribution in [0.25, 0.3) is 0 Å². The first-order chi connectivity index (χ1) is 8.16. The van der Waals surface area contributed by atoms with Crippen molar-refractivity contribution in [3.63, 3.8) is 0 Å². The maximum absolute atomic E-state index is 13.1. The molecule has 0 saturated carbocycles. The normalized spacial score (nSPS) is 12.3. The van der Waals surface area contributed by atoms with Gasteiger partial charge in [-0.15, -0.1) is 0 Å². The lowest BCUT2D eigenvalue weighted by Crippen LogP contribution is -2.14. The van der Waals surface area contributed by atoms with E-state index in [0.29, 0.717) is 12.0 Å². The molecule has 0 saturated heterocycles. The van der Waals surface area contributed by atoms with E-state index in [1.807, 2.05) is 16.8 Å². The smallest absolute Gasteiger partial charge is 0.311 e. The van der Waals surface area contributed by atoms with Crippen molar-refractivity contribution in [1.82, 2.24) is 0 Å². The average molecular weight is 250 g/mol. The van der Waals surface area contributed by atoms with Gasteiger partial charge >= 0.3 is 5.97 Å². The van der Waals surface area contributed by atoms with Crippen LogP contribution in [0.15, 0.2) is 41.1 Å². The van der Waals surface area contributed by atoms with Gasteiger partial charge in [0.05, 0.1) is 5.92 Å². The van der Waals surface area contributed by atoms with E-state index in [1.54, 1.807) is 6.07 Å². The highest BCUT2D eigenvalue weighted by Gasteiger charge is 2.20. The second kappa shape index (κ2) is 5.10. The zero-order valence-corrected chi connectivity index (χ0v) is 9.78. The molecule has 88 valence electrons. The molecule has 1 aromatic carbocycles. The van der Waals surface area contributed by atoms with Gasteiger partial charge in [-0.05, 0) is 46.5 Å². The summed E-state index contributed by atoms with van der Waals surface area (Å²) < 4.78 is 13.1. The summed E-state index contributed by atoms with van der Waals surface area (Å²) in [4.78, 5) is 11.2. The first-order valence-corrected chi connectivity index (χ1v) is 6.10. The van der Waals surface area contributed by atoms with Crippen LogP contribution in [-0.2, 0) is 11.2 Å². The third kappa shape index (κ3) is 2.91. The highest BCUT2D eigenvalue weighted by Crippen LogP contribution is 2.23. The second-order valence-corrected chi connectivity index (χ2v) is 4.56. The van der Waals surface area contributed by atoms with Gasteiger partial charge in [-0.25, -0.2) is 4.39 Å². The molecule has 2 aromatic rings. The van der Waals surface area contributed by atoms with Gasteiger partial charge in [0.15, 0.2) is 0 Å². The number of benzene rings is 1. The van der Waals surface area contributed by atoms with Gasteiger partial charge < -0.3 is 5.11 Å². The van der Waals surface area contributed by atoms with E-state index in [0.717, 1.165) is 5.56 Å². The maximum Gasteiger partial charge on any atom is 0.311 e. The van der Waals surface area contributed by atoms with Crippen LogP contribution in [0.3, 0.4) is 0 Å². The van der Waals surface area contributed by atoms with E-state index >= 15 is 0 Å². The topological polar surface area (TPSA) is 37.3 Å². The molecule has 1 aromatic heterocycles. The SMILES string of the molecule is O=C(O)C(Cc1ccsc1)c1cccc(F)c1. The van der Waals surface area contributed by atoms with Gasteiger partial charge in [0.1, 0.15) is 5.82 Å². The van der Waals surface area contributed by atoms with Gasteiger partial charge in [0.2, 0.25) is 0 Å². The fourth-order valence-corrected chi connectivity index (χ4v) is 2.40. The quantitative estimate of drug-likeness (QED) is 0.904. The standard InChI is InChI=1S/C13H11FO2S/c14-11-3-1-2-10(7-11)12(13(15)16)6-9-4-5-17-8-9/h1-5,7-8,12H,6H2,(H,15,16). The summed E-state index contributed by atoms with van der Waals surface area (Å²) in [6, 6.07) is 7.67. The van der Waals surface area contributed by atoms with Gasteiger partial charge in [-0.1, -0.05) is 12.1 Å². The van der Waals surface area contributed by atoms with Crippen molar-refractivity contribution >= 4 is 17.3 Å². The highest BCUT2D eigenvalue weighted by molar-refractivity contribution is 7.07. The van der Waals surface area contributed by atoms with E-state index in [2.05, 4.69) is 0 Å². The molecular formula is C13H11FO2S. The Hall–Kier alpha value is -1.68. The number of halogens is 1. The number of hydrogen-bond acceptors (Lipinski definition) is 2. The van der Waals surface area contributed by atoms with Crippen LogP contribution in [0.2, 0.25) is 0 Å². The number of carboxylic acid groups (broad SMARTS) is 1. The predicted octanol–water partition coefficient (Wildman–Crippen LogP) is 3.30. The van der Waals surface area contributed by atoms with Crippen molar-refractivity contribution in [2.24, 2.45) is 0 Å². The van der Waals surface area contributed by atoms with Crippen LogP contribution in [0.4, 0.5) is 4.39 Å². The summed E-state index contributed by atoms with van der Waals surface area (Å²) in [5.74, 6) is -2.03. The largest absolute Gasteiger partial charge is 0.481 e. The molecule has 1 unspecified atom stereocenters. The van der Waals surface area contributed by atoms with Gasteiger partial charge in [0.25, 0.3) is 0 Å². The van der Waals surface area contributed by atoms with Crippen molar-refractivity contribution < 1.29 is 14.3 Å². The van der Waals surface area contributed by atoms with E-state index in [1.165, 1.54) is 29.5 Å². The minimum Gasteiger partial charge on any atom is -0.481 e. The van der Waals surface area contributed by atoms with E-state index in [9.17, 15) is 14.3 Å². The summed E-state index contributed by atoms with van der Waals surface area (Å²) in [7, 11) is 0. The Labute approximate surface area is 102 Å². The molecule has 1 N–H and O–H groups in total. The molecule has 2 rings (SSSR count). The molecule has 0 spiro atoms. The number of aliphatic carboxylic acids is 1. The van der Waals surface area contributed by atoms with Crippen molar-refractivity contribution in [2.75, 3.05) is 0 Å². The minimum atomic E-state index is -0.929. The second-order valence-electron chi connectivity index (χ2n) is 3.78. The van der Waals surface area contributed by atoms with Crippen LogP contribution in [0.1, 0.15) is 17.0 Å². The molecule has 2 nitrogen and oxygen atoms in total. The fraction of sp³-hybridized carbons (Fsp3) is 0.154. The minimum absolute atomic E-state index is 0.391. The zero-order valence-electron chi connectivity index (χ0n) is 8.97. The molecule has 0 aliphatic rings. The van der Waals surface area contributed by atoms with Crippen LogP contribution in [0, 0.1) is 5.82 Å². The Morgan fingerprint density at radius 1 is 1.41 bits per heavy atom. The zero-order chi connectivity index (χ0) is 12.3. The molecule has 1 heterocycles. The molecule has 4 heteroatoms. The van der Waals surface area contributed by atoms with E-state index in [-0.39, 0.29) is 0 Å². The average Bonchev–Trinajstić information content (AvgIpc) is 2.78. The third-order valence-corrected chi connectivity index (χ3v) is 3.30. The highest BCUT2D eigenvalue weighted by atomic mass is 32.1. The summed E-state index contributed by atoms with van der Waals surface area (Å²) in [5, 5.41) is 13.0. The Balaban J connectivity index is 2.26. The molecule has 0 aliphatic carbocycles. The Bertz CT molecular complexity index is 508. The number of carboxylic acids is 1. The van der Waals surface area contributed by atoms with Crippen LogP contribution in [-0.4, -0.2) is 11.1 Å². The summed E-state index contributed by atoms with van der Waals surface area (Å²) in [5.41, 5.74) is 1.47. The first-order valence-electron chi connectivity index (χ1n) is 5.16. The Kier molecular flexibility index (Phi) is 3.54. The maximum atomic E-state index is 13.1. The van der Waals surface area contributed by atoms with E-state index < -0.39 is 17.7 Å². The Morgan fingerprint density at radius 2 is 2.24 bits per heavy atom. The van der Waals surface area contributed by atoms with Crippen LogP contribution in [0.5, 0.6) is 0 Å². The lowest BCUT2D eigenvalue weighted by atomic mass is 9.93. The Morgan fingerprint density at radius 3 is 2.82 bits per heavy atom. The molecule has 0 fully saturated rings.